The van der Waals surface area contributed by atoms with Gasteiger partial charge in [0.05, 0.1) is 5.41 Å². The zero-order valence-electron chi connectivity index (χ0n) is 14.8. The van der Waals surface area contributed by atoms with Crippen LogP contribution in [-0.4, -0.2) is 36.5 Å². The molecule has 0 aliphatic carbocycles. The maximum atomic E-state index is 11.7. The average molecular weight is 309 g/mol. The number of rotatable bonds is 12. The molecule has 3 heteroatoms. The molecule has 22 heavy (non-hydrogen) atoms. The minimum atomic E-state index is 0.0177. The van der Waals surface area contributed by atoms with Gasteiger partial charge in [0, 0.05) is 25.7 Å². The highest BCUT2D eigenvalue weighted by molar-refractivity contribution is 5.90. The summed E-state index contributed by atoms with van der Waals surface area (Å²) in [4.78, 5) is 14.3. The number of hydrogen-bond acceptors (Lipinski definition) is 2. The molecule has 2 aliphatic heterocycles. The van der Waals surface area contributed by atoms with Crippen LogP contribution in [0.3, 0.4) is 0 Å². The topological polar surface area (TPSA) is 32.3 Å². The summed E-state index contributed by atoms with van der Waals surface area (Å²) >= 11 is 0. The van der Waals surface area contributed by atoms with Crippen molar-refractivity contribution in [1.29, 1.82) is 0 Å². The smallest absolute Gasteiger partial charge is 0.230 e. The van der Waals surface area contributed by atoms with Gasteiger partial charge in [-0.05, 0) is 12.8 Å². The van der Waals surface area contributed by atoms with Crippen LogP contribution >= 0.6 is 0 Å². The van der Waals surface area contributed by atoms with Gasteiger partial charge < -0.3 is 5.32 Å². The minimum absolute atomic E-state index is 0.0177. The molecular weight excluding hydrogens is 272 g/mol. The third-order valence-electron chi connectivity index (χ3n) is 5.63. The second kappa shape index (κ2) is 8.90. The third-order valence-corrected chi connectivity index (χ3v) is 5.63. The summed E-state index contributed by atoms with van der Waals surface area (Å²) in [5.41, 5.74) is 0.0177. The standard InChI is InChI=1S/C19H36N2O/c1-3-5-7-9-11-13-17(12-10-8-6-4-2)21-15-19(16-21)14-20-18(19)22/h17H,3-16H2,1-2H3,(H,20,22). The Hall–Kier alpha value is -0.570. The third kappa shape index (κ3) is 4.47. The van der Waals surface area contributed by atoms with Crippen LogP contribution in [-0.2, 0) is 4.79 Å². The number of amides is 1. The fraction of sp³-hybridized carbons (Fsp3) is 0.947. The Morgan fingerprint density at radius 1 is 0.955 bits per heavy atom. The Morgan fingerprint density at radius 2 is 1.50 bits per heavy atom. The molecule has 1 N–H and O–H groups in total. The highest BCUT2D eigenvalue weighted by Crippen LogP contribution is 2.38. The quantitative estimate of drug-likeness (QED) is 0.434. The van der Waals surface area contributed by atoms with E-state index in [0.717, 1.165) is 25.7 Å². The largest absolute Gasteiger partial charge is 0.354 e. The van der Waals surface area contributed by atoms with Gasteiger partial charge in [-0.2, -0.15) is 0 Å². The van der Waals surface area contributed by atoms with Crippen molar-refractivity contribution in [2.45, 2.75) is 90.5 Å². The Morgan fingerprint density at radius 3 is 1.95 bits per heavy atom. The van der Waals surface area contributed by atoms with Crippen molar-refractivity contribution >= 4 is 5.91 Å². The van der Waals surface area contributed by atoms with Crippen molar-refractivity contribution in [3.05, 3.63) is 0 Å². The van der Waals surface area contributed by atoms with Crippen molar-refractivity contribution in [2.75, 3.05) is 19.6 Å². The van der Waals surface area contributed by atoms with Gasteiger partial charge in [0.15, 0.2) is 0 Å². The van der Waals surface area contributed by atoms with Gasteiger partial charge in [0.25, 0.3) is 0 Å². The van der Waals surface area contributed by atoms with E-state index in [1.54, 1.807) is 0 Å². The molecule has 2 fully saturated rings. The molecule has 2 rings (SSSR count). The van der Waals surface area contributed by atoms with E-state index in [1.165, 1.54) is 70.6 Å². The minimum Gasteiger partial charge on any atom is -0.354 e. The Kier molecular flexibility index (Phi) is 7.20. The molecule has 0 aromatic carbocycles. The van der Waals surface area contributed by atoms with Crippen LogP contribution in [0.5, 0.6) is 0 Å². The van der Waals surface area contributed by atoms with Gasteiger partial charge in [-0.15, -0.1) is 0 Å². The zero-order valence-corrected chi connectivity index (χ0v) is 14.8. The van der Waals surface area contributed by atoms with Crippen LogP contribution in [0.25, 0.3) is 0 Å². The molecule has 2 heterocycles. The SMILES string of the molecule is CCCCCCCC(CCCCCC)N1CC2(CNC2=O)C1. The molecule has 2 aliphatic rings. The van der Waals surface area contributed by atoms with E-state index >= 15 is 0 Å². The van der Waals surface area contributed by atoms with Crippen LogP contribution in [0.15, 0.2) is 0 Å². The highest BCUT2D eigenvalue weighted by Gasteiger charge is 2.55. The van der Waals surface area contributed by atoms with Crippen LogP contribution < -0.4 is 5.32 Å². The van der Waals surface area contributed by atoms with Crippen molar-refractivity contribution in [2.24, 2.45) is 5.41 Å². The van der Waals surface area contributed by atoms with Gasteiger partial charge in [0.1, 0.15) is 0 Å². The van der Waals surface area contributed by atoms with E-state index in [0.29, 0.717) is 5.91 Å². The number of hydrogen-bond donors (Lipinski definition) is 1. The maximum Gasteiger partial charge on any atom is 0.230 e. The number of carbonyl (C=O) groups is 1. The fourth-order valence-corrected chi connectivity index (χ4v) is 3.96. The Labute approximate surface area is 137 Å². The molecule has 1 amide bonds. The lowest BCUT2D eigenvalue weighted by molar-refractivity contribution is -0.158. The molecule has 0 aromatic heterocycles. The molecule has 3 nitrogen and oxygen atoms in total. The number of likely N-dealkylation sites (tertiary alicyclic amines) is 1. The molecule has 0 radical (unpaired) electrons. The molecule has 128 valence electrons. The van der Waals surface area contributed by atoms with Gasteiger partial charge in [-0.25, -0.2) is 0 Å². The van der Waals surface area contributed by atoms with Crippen molar-refractivity contribution in [1.82, 2.24) is 10.2 Å². The van der Waals surface area contributed by atoms with Crippen molar-refractivity contribution in [3.8, 4) is 0 Å². The molecular formula is C19H36N2O. The Balaban J connectivity index is 1.69. The highest BCUT2D eigenvalue weighted by atomic mass is 16.2. The summed E-state index contributed by atoms with van der Waals surface area (Å²) in [6, 6.07) is 0.734. The number of nitrogens with one attached hydrogen (secondary N) is 1. The molecule has 1 spiro atoms. The summed E-state index contributed by atoms with van der Waals surface area (Å²) in [6.45, 7) is 7.51. The van der Waals surface area contributed by atoms with Gasteiger partial charge in [-0.1, -0.05) is 71.6 Å². The average Bonchev–Trinajstić information content (AvgIpc) is 2.47. The molecule has 0 aromatic rings. The van der Waals surface area contributed by atoms with Gasteiger partial charge in [0.2, 0.25) is 5.91 Å². The fourth-order valence-electron chi connectivity index (χ4n) is 3.96. The number of β-lactam (4-membered cyclic amide) rings is 1. The van der Waals surface area contributed by atoms with Gasteiger partial charge >= 0.3 is 0 Å². The summed E-state index contributed by atoms with van der Waals surface area (Å²) < 4.78 is 0. The summed E-state index contributed by atoms with van der Waals surface area (Å²) in [7, 11) is 0. The van der Waals surface area contributed by atoms with Crippen molar-refractivity contribution in [3.63, 3.8) is 0 Å². The first-order chi connectivity index (χ1) is 10.7. The zero-order chi connectivity index (χ0) is 15.8. The molecule has 0 saturated carbocycles. The predicted molar refractivity (Wildman–Crippen MR) is 92.9 cm³/mol. The lowest BCUT2D eigenvalue weighted by atomic mass is 9.72. The van der Waals surface area contributed by atoms with Gasteiger partial charge in [-0.3, -0.25) is 9.69 Å². The Bertz CT molecular complexity index is 336. The second-order valence-corrected chi connectivity index (χ2v) is 7.57. The number of unbranched alkanes of at least 4 members (excludes halogenated alkanes) is 7. The van der Waals surface area contributed by atoms with Crippen molar-refractivity contribution < 1.29 is 4.79 Å². The van der Waals surface area contributed by atoms with Crippen LogP contribution in [0, 0.1) is 5.41 Å². The predicted octanol–water partition coefficient (Wildman–Crippen LogP) is 4.12. The normalized spacial score (nSPS) is 21.3. The van der Waals surface area contributed by atoms with E-state index in [2.05, 4.69) is 24.1 Å². The summed E-state index contributed by atoms with van der Waals surface area (Å²) in [6.07, 6.45) is 15.0. The lowest BCUT2D eigenvalue weighted by Crippen LogP contribution is -2.75. The summed E-state index contributed by atoms with van der Waals surface area (Å²) in [5.74, 6) is 0.302. The maximum absolute atomic E-state index is 11.7. The van der Waals surface area contributed by atoms with E-state index in [1.807, 2.05) is 0 Å². The second-order valence-electron chi connectivity index (χ2n) is 7.57. The van der Waals surface area contributed by atoms with E-state index < -0.39 is 0 Å². The molecule has 1 unspecified atom stereocenters. The molecule has 1 atom stereocenters. The first kappa shape index (κ1) is 17.8. The molecule has 0 bridgehead atoms. The van der Waals surface area contributed by atoms with Crippen LogP contribution in [0.4, 0.5) is 0 Å². The first-order valence-corrected chi connectivity index (χ1v) is 9.74. The van der Waals surface area contributed by atoms with E-state index in [-0.39, 0.29) is 5.41 Å². The summed E-state index contributed by atoms with van der Waals surface area (Å²) in [5, 5.41) is 2.92. The van der Waals surface area contributed by atoms with E-state index in [9.17, 15) is 4.79 Å². The lowest BCUT2D eigenvalue weighted by Gasteiger charge is -2.56. The van der Waals surface area contributed by atoms with Crippen LogP contribution in [0.1, 0.15) is 84.5 Å². The van der Waals surface area contributed by atoms with E-state index in [4.69, 9.17) is 0 Å². The van der Waals surface area contributed by atoms with Crippen LogP contribution in [0.2, 0.25) is 0 Å². The molecule has 2 saturated heterocycles. The first-order valence-electron chi connectivity index (χ1n) is 9.74. The number of carbonyl (C=O) groups excluding carboxylic acids is 1. The monoisotopic (exact) mass is 308 g/mol. The number of nitrogens with zero attached hydrogens (tertiary/aromatic N) is 1.